The van der Waals surface area contributed by atoms with Crippen LogP contribution in [0.4, 0.5) is 0 Å². The lowest BCUT2D eigenvalue weighted by Gasteiger charge is -2.37. The number of ether oxygens (including phenoxy) is 2. The molecule has 0 amide bonds. The van der Waals surface area contributed by atoms with Gasteiger partial charge in [-0.05, 0) is 43.9 Å². The maximum Gasteiger partial charge on any atom is 0.170 e. The number of fused-ring (bicyclic) bond motifs is 1. The zero-order chi connectivity index (χ0) is 17.1. The molecular weight excluding hydrogens is 304 g/mol. The van der Waals surface area contributed by atoms with Gasteiger partial charge in [-0.25, -0.2) is 0 Å². The zero-order valence-corrected chi connectivity index (χ0v) is 14.5. The standard InChI is InChI=1S/C20H24O4/c1-11-8-12(2)16(13(3)9-11)17-18(21)14-4-5-20(23-6-7-24-20)10-15(14)19(17)22/h8-9,14-15,21H,4-7,10H2,1-3H3. The molecule has 2 fully saturated rings. The van der Waals surface area contributed by atoms with Gasteiger partial charge in [0, 0.05) is 24.7 Å². The highest BCUT2D eigenvalue weighted by atomic mass is 16.7. The van der Waals surface area contributed by atoms with Crippen molar-refractivity contribution in [2.75, 3.05) is 13.2 Å². The first-order valence-corrected chi connectivity index (χ1v) is 8.75. The number of aryl methyl sites for hydroxylation is 3. The van der Waals surface area contributed by atoms with Gasteiger partial charge in [0.15, 0.2) is 11.6 Å². The molecule has 128 valence electrons. The quantitative estimate of drug-likeness (QED) is 0.855. The lowest BCUT2D eigenvalue weighted by molar-refractivity contribution is -0.193. The first kappa shape index (κ1) is 15.9. The molecule has 1 aromatic rings. The molecule has 4 rings (SSSR count). The molecule has 0 aromatic heterocycles. The summed E-state index contributed by atoms with van der Waals surface area (Å²) in [6.45, 7) is 7.25. The van der Waals surface area contributed by atoms with E-state index >= 15 is 0 Å². The Morgan fingerprint density at radius 2 is 1.71 bits per heavy atom. The van der Waals surface area contributed by atoms with Gasteiger partial charge in [-0.15, -0.1) is 0 Å². The van der Waals surface area contributed by atoms with Crippen molar-refractivity contribution in [2.24, 2.45) is 11.8 Å². The molecule has 2 aliphatic carbocycles. The molecule has 0 radical (unpaired) electrons. The van der Waals surface area contributed by atoms with Gasteiger partial charge in [0.05, 0.1) is 18.8 Å². The summed E-state index contributed by atoms with van der Waals surface area (Å²) in [5.74, 6) is -0.610. The Kier molecular flexibility index (Phi) is 3.59. The number of ketones is 1. The molecular formula is C20H24O4. The number of Topliss-reactive ketones (excluding diaryl/α,β-unsaturated/α-hetero) is 1. The third-order valence-electron chi connectivity index (χ3n) is 5.78. The molecule has 1 saturated carbocycles. The maximum atomic E-state index is 13.2. The Morgan fingerprint density at radius 3 is 2.33 bits per heavy atom. The second kappa shape index (κ2) is 5.43. The van der Waals surface area contributed by atoms with Crippen LogP contribution >= 0.6 is 0 Å². The topological polar surface area (TPSA) is 55.8 Å². The average Bonchev–Trinajstić information content (AvgIpc) is 3.05. The van der Waals surface area contributed by atoms with Crippen molar-refractivity contribution in [3.63, 3.8) is 0 Å². The van der Waals surface area contributed by atoms with Crippen LogP contribution in [0.25, 0.3) is 5.57 Å². The minimum Gasteiger partial charge on any atom is -0.511 e. The number of hydrogen-bond donors (Lipinski definition) is 1. The molecule has 24 heavy (non-hydrogen) atoms. The van der Waals surface area contributed by atoms with E-state index in [1.807, 2.05) is 20.8 Å². The summed E-state index contributed by atoms with van der Waals surface area (Å²) >= 11 is 0. The first-order chi connectivity index (χ1) is 11.4. The molecule has 1 N–H and O–H groups in total. The minimum absolute atomic E-state index is 0.0470. The van der Waals surface area contributed by atoms with Crippen molar-refractivity contribution >= 4 is 11.4 Å². The Labute approximate surface area is 142 Å². The van der Waals surface area contributed by atoms with E-state index in [4.69, 9.17) is 9.47 Å². The van der Waals surface area contributed by atoms with Gasteiger partial charge >= 0.3 is 0 Å². The van der Waals surface area contributed by atoms with Crippen LogP contribution in [0.1, 0.15) is 41.5 Å². The van der Waals surface area contributed by atoms with E-state index in [-0.39, 0.29) is 23.4 Å². The van der Waals surface area contributed by atoms with Crippen LogP contribution in [0.5, 0.6) is 0 Å². The van der Waals surface area contributed by atoms with E-state index in [0.717, 1.165) is 29.5 Å². The van der Waals surface area contributed by atoms with Crippen molar-refractivity contribution in [2.45, 2.75) is 45.8 Å². The van der Waals surface area contributed by atoms with Gasteiger partial charge in [-0.3, -0.25) is 4.79 Å². The summed E-state index contributed by atoms with van der Waals surface area (Å²) in [6, 6.07) is 4.14. The summed E-state index contributed by atoms with van der Waals surface area (Å²) in [5.41, 5.74) is 4.69. The Morgan fingerprint density at radius 1 is 1.08 bits per heavy atom. The molecule has 1 aromatic carbocycles. The van der Waals surface area contributed by atoms with E-state index in [0.29, 0.717) is 25.2 Å². The predicted octanol–water partition coefficient (Wildman–Crippen LogP) is 3.62. The van der Waals surface area contributed by atoms with Crippen LogP contribution in [0.15, 0.2) is 17.9 Å². The lowest BCUT2D eigenvalue weighted by Crippen LogP contribution is -2.41. The van der Waals surface area contributed by atoms with Crippen molar-refractivity contribution < 1.29 is 19.4 Å². The number of carbonyl (C=O) groups is 1. The van der Waals surface area contributed by atoms with Crippen molar-refractivity contribution in [3.05, 3.63) is 40.1 Å². The van der Waals surface area contributed by atoms with Crippen LogP contribution in [-0.4, -0.2) is 29.9 Å². The monoisotopic (exact) mass is 328 g/mol. The third kappa shape index (κ3) is 2.24. The Balaban J connectivity index is 1.73. The van der Waals surface area contributed by atoms with Gasteiger partial charge < -0.3 is 14.6 Å². The second-order valence-corrected chi connectivity index (χ2v) is 7.46. The highest BCUT2D eigenvalue weighted by Gasteiger charge is 2.53. The highest BCUT2D eigenvalue weighted by molar-refractivity contribution is 6.25. The molecule has 4 heteroatoms. The Hall–Kier alpha value is -1.65. The fourth-order valence-electron chi connectivity index (χ4n) is 4.84. The van der Waals surface area contributed by atoms with E-state index < -0.39 is 5.79 Å². The maximum absolute atomic E-state index is 13.2. The molecule has 1 heterocycles. The number of rotatable bonds is 1. The van der Waals surface area contributed by atoms with Crippen LogP contribution in [0.2, 0.25) is 0 Å². The third-order valence-corrected chi connectivity index (χ3v) is 5.78. The van der Waals surface area contributed by atoms with Crippen molar-refractivity contribution in [1.82, 2.24) is 0 Å². The number of allylic oxidation sites excluding steroid dienone is 2. The van der Waals surface area contributed by atoms with Gasteiger partial charge in [0.1, 0.15) is 5.76 Å². The van der Waals surface area contributed by atoms with Crippen LogP contribution < -0.4 is 0 Å². The van der Waals surface area contributed by atoms with E-state index in [2.05, 4.69) is 12.1 Å². The Bertz CT molecular complexity index is 717. The smallest absolute Gasteiger partial charge is 0.170 e. The fourth-order valence-corrected chi connectivity index (χ4v) is 4.84. The number of aliphatic hydroxyl groups excluding tert-OH is 1. The van der Waals surface area contributed by atoms with E-state index in [1.165, 1.54) is 5.56 Å². The molecule has 1 aliphatic heterocycles. The molecule has 0 bridgehead atoms. The lowest BCUT2D eigenvalue weighted by atomic mass is 9.77. The zero-order valence-electron chi connectivity index (χ0n) is 14.5. The predicted molar refractivity (Wildman–Crippen MR) is 90.7 cm³/mol. The first-order valence-electron chi connectivity index (χ1n) is 8.75. The van der Waals surface area contributed by atoms with Crippen LogP contribution in [0.3, 0.4) is 0 Å². The SMILES string of the molecule is Cc1cc(C)c(C2=C(O)C3CCC4(CC3C2=O)OCCO4)c(C)c1. The van der Waals surface area contributed by atoms with E-state index in [9.17, 15) is 9.90 Å². The van der Waals surface area contributed by atoms with Crippen LogP contribution in [0, 0.1) is 32.6 Å². The minimum atomic E-state index is -0.607. The normalized spacial score (nSPS) is 28.7. The molecule has 2 atom stereocenters. The number of aliphatic hydroxyl groups is 1. The molecule has 2 unspecified atom stereocenters. The van der Waals surface area contributed by atoms with Gasteiger partial charge in [0.25, 0.3) is 0 Å². The number of carbonyl (C=O) groups excluding carboxylic acids is 1. The summed E-state index contributed by atoms with van der Waals surface area (Å²) < 4.78 is 11.6. The summed E-state index contributed by atoms with van der Waals surface area (Å²) in [6.07, 6.45) is 2.02. The van der Waals surface area contributed by atoms with Gasteiger partial charge in [0.2, 0.25) is 0 Å². The molecule has 4 nitrogen and oxygen atoms in total. The molecule has 1 saturated heterocycles. The van der Waals surface area contributed by atoms with Crippen molar-refractivity contribution in [3.8, 4) is 0 Å². The van der Waals surface area contributed by atoms with Gasteiger partial charge in [-0.2, -0.15) is 0 Å². The molecule has 3 aliphatic rings. The van der Waals surface area contributed by atoms with Gasteiger partial charge in [-0.1, -0.05) is 17.7 Å². The van der Waals surface area contributed by atoms with Crippen LogP contribution in [-0.2, 0) is 14.3 Å². The molecule has 1 spiro atoms. The number of hydrogen-bond acceptors (Lipinski definition) is 4. The summed E-state index contributed by atoms with van der Waals surface area (Å²) in [7, 11) is 0. The second-order valence-electron chi connectivity index (χ2n) is 7.46. The largest absolute Gasteiger partial charge is 0.511 e. The fraction of sp³-hybridized carbons (Fsp3) is 0.550. The van der Waals surface area contributed by atoms with Crippen molar-refractivity contribution in [1.29, 1.82) is 0 Å². The summed E-state index contributed by atoms with van der Waals surface area (Å²) in [5, 5.41) is 10.8. The highest BCUT2D eigenvalue weighted by Crippen LogP contribution is 2.51. The number of benzene rings is 1. The summed E-state index contributed by atoms with van der Waals surface area (Å²) in [4.78, 5) is 13.2. The van der Waals surface area contributed by atoms with E-state index in [1.54, 1.807) is 0 Å². The average molecular weight is 328 g/mol.